The molecule has 3 heteroatoms. The van der Waals surface area contributed by atoms with Gasteiger partial charge in [0.15, 0.2) is 0 Å². The van der Waals surface area contributed by atoms with Gasteiger partial charge < -0.3 is 11.1 Å². The quantitative estimate of drug-likeness (QED) is 0.787. The van der Waals surface area contributed by atoms with Gasteiger partial charge in [-0.15, -0.1) is 0 Å². The fourth-order valence-electron chi connectivity index (χ4n) is 1.74. The van der Waals surface area contributed by atoms with Crippen LogP contribution in [0, 0.1) is 0 Å². The van der Waals surface area contributed by atoms with Gasteiger partial charge in [-0.25, -0.2) is 4.98 Å². The number of nitrogens with zero attached hydrogens (tertiary/aromatic N) is 1. The molecule has 15 heavy (non-hydrogen) atoms. The van der Waals surface area contributed by atoms with E-state index in [9.17, 15) is 0 Å². The summed E-state index contributed by atoms with van der Waals surface area (Å²) in [7, 11) is 0. The molecule has 3 nitrogen and oxygen atoms in total. The third-order valence-corrected chi connectivity index (χ3v) is 2.54. The van der Waals surface area contributed by atoms with Crippen molar-refractivity contribution < 1.29 is 0 Å². The summed E-state index contributed by atoms with van der Waals surface area (Å²) in [5, 5.41) is 3.32. The molecule has 0 radical (unpaired) electrons. The van der Waals surface area contributed by atoms with E-state index in [0.29, 0.717) is 6.54 Å². The van der Waals surface area contributed by atoms with Crippen molar-refractivity contribution in [3.05, 3.63) is 29.5 Å². The summed E-state index contributed by atoms with van der Waals surface area (Å²) < 4.78 is 0. The van der Waals surface area contributed by atoms with Crippen LogP contribution in [0.5, 0.6) is 0 Å². The number of pyridine rings is 1. The number of anilines is 1. The van der Waals surface area contributed by atoms with E-state index < -0.39 is 0 Å². The molecule has 0 atom stereocenters. The van der Waals surface area contributed by atoms with Crippen molar-refractivity contribution in [1.29, 1.82) is 0 Å². The number of aryl methyl sites for hydroxylation is 1. The molecule has 0 saturated heterocycles. The van der Waals surface area contributed by atoms with Crippen molar-refractivity contribution in [3.63, 3.8) is 0 Å². The van der Waals surface area contributed by atoms with E-state index in [4.69, 9.17) is 5.73 Å². The Bertz CT molecular complexity index is 358. The van der Waals surface area contributed by atoms with Crippen LogP contribution in [-0.4, -0.2) is 18.1 Å². The van der Waals surface area contributed by atoms with Crippen molar-refractivity contribution in [2.24, 2.45) is 5.73 Å². The maximum absolute atomic E-state index is 5.42. The average molecular weight is 203 g/mol. The maximum atomic E-state index is 5.42. The van der Waals surface area contributed by atoms with E-state index in [0.717, 1.165) is 30.9 Å². The molecule has 0 amide bonds. The van der Waals surface area contributed by atoms with E-state index in [2.05, 4.69) is 28.5 Å². The minimum atomic E-state index is 0.694. The normalized spacial score (nSPS) is 15.0. The molecule has 1 aliphatic heterocycles. The monoisotopic (exact) mass is 203 g/mol. The van der Waals surface area contributed by atoms with Gasteiger partial charge in [0.25, 0.3) is 0 Å². The molecule has 0 saturated carbocycles. The third-order valence-electron chi connectivity index (χ3n) is 2.54. The lowest BCUT2D eigenvalue weighted by Crippen LogP contribution is -2.13. The highest BCUT2D eigenvalue weighted by atomic mass is 15.0. The molecule has 0 spiro atoms. The number of aromatic nitrogens is 1. The first-order valence-electron chi connectivity index (χ1n) is 5.50. The third kappa shape index (κ3) is 2.57. The largest absolute Gasteiger partial charge is 0.370 e. The van der Waals surface area contributed by atoms with Gasteiger partial charge in [0.05, 0.1) is 5.69 Å². The smallest absolute Gasteiger partial charge is 0.129 e. The average Bonchev–Trinajstić information content (AvgIpc) is 2.29. The first-order chi connectivity index (χ1) is 7.40. The molecular weight excluding hydrogens is 186 g/mol. The second-order valence-electron chi connectivity index (χ2n) is 3.75. The second kappa shape index (κ2) is 4.94. The van der Waals surface area contributed by atoms with Crippen molar-refractivity contribution in [2.75, 3.05) is 18.4 Å². The summed E-state index contributed by atoms with van der Waals surface area (Å²) in [5.74, 6) is 1.05. The molecular formula is C12H17N3. The summed E-state index contributed by atoms with van der Waals surface area (Å²) in [6.07, 6.45) is 7.35. The Morgan fingerprint density at radius 1 is 1.47 bits per heavy atom. The molecule has 1 aliphatic rings. The number of hydrogen-bond donors (Lipinski definition) is 2. The van der Waals surface area contributed by atoms with Crippen LogP contribution in [-0.2, 0) is 6.42 Å². The van der Waals surface area contributed by atoms with Gasteiger partial charge >= 0.3 is 0 Å². The van der Waals surface area contributed by atoms with Crippen LogP contribution in [0.1, 0.15) is 24.1 Å². The number of rotatable bonds is 3. The number of hydrogen-bond acceptors (Lipinski definition) is 3. The molecule has 1 aromatic heterocycles. The van der Waals surface area contributed by atoms with E-state index in [-0.39, 0.29) is 0 Å². The van der Waals surface area contributed by atoms with Crippen molar-refractivity contribution in [2.45, 2.75) is 19.3 Å². The number of nitrogens with one attached hydrogen (secondary N) is 1. The van der Waals surface area contributed by atoms with Gasteiger partial charge in [0.2, 0.25) is 0 Å². The molecule has 0 bridgehead atoms. The van der Waals surface area contributed by atoms with Crippen molar-refractivity contribution >= 4 is 11.9 Å². The van der Waals surface area contributed by atoms with Crippen LogP contribution >= 0.6 is 0 Å². The topological polar surface area (TPSA) is 50.9 Å². The molecule has 1 aromatic rings. The second-order valence-corrected chi connectivity index (χ2v) is 3.75. The van der Waals surface area contributed by atoms with Crippen LogP contribution < -0.4 is 11.1 Å². The van der Waals surface area contributed by atoms with Gasteiger partial charge in [-0.05, 0) is 43.5 Å². The summed E-state index contributed by atoms with van der Waals surface area (Å²) in [6.45, 7) is 1.73. The summed E-state index contributed by atoms with van der Waals surface area (Å²) >= 11 is 0. The van der Waals surface area contributed by atoms with Gasteiger partial charge in [0, 0.05) is 6.54 Å². The van der Waals surface area contributed by atoms with Gasteiger partial charge in [0.1, 0.15) is 5.82 Å². The fourth-order valence-corrected chi connectivity index (χ4v) is 1.74. The Kier molecular flexibility index (Phi) is 3.35. The summed E-state index contributed by atoms with van der Waals surface area (Å²) in [4.78, 5) is 4.55. The molecule has 3 N–H and O–H groups in total. The number of fused-ring (bicyclic) bond motifs is 1. The molecule has 0 fully saturated rings. The minimum Gasteiger partial charge on any atom is -0.370 e. The minimum absolute atomic E-state index is 0.694. The predicted octanol–water partition coefficient (Wildman–Crippen LogP) is 1.80. The molecule has 0 aliphatic carbocycles. The van der Waals surface area contributed by atoms with E-state index in [1.165, 1.54) is 12.0 Å². The van der Waals surface area contributed by atoms with E-state index in [1.54, 1.807) is 0 Å². The highest BCUT2D eigenvalue weighted by Crippen LogP contribution is 2.19. The zero-order valence-corrected chi connectivity index (χ0v) is 8.87. The van der Waals surface area contributed by atoms with Crippen LogP contribution in [0.3, 0.4) is 0 Å². The van der Waals surface area contributed by atoms with Gasteiger partial charge in [-0.3, -0.25) is 0 Å². The Morgan fingerprint density at radius 2 is 2.40 bits per heavy atom. The molecule has 0 aromatic carbocycles. The summed E-state index contributed by atoms with van der Waals surface area (Å²) in [5.41, 5.74) is 7.76. The van der Waals surface area contributed by atoms with Gasteiger partial charge in [-0.1, -0.05) is 12.1 Å². The lowest BCUT2D eigenvalue weighted by atomic mass is 10.1. The van der Waals surface area contributed by atoms with Gasteiger partial charge in [-0.2, -0.15) is 0 Å². The fraction of sp³-hybridized carbons (Fsp3) is 0.417. The Morgan fingerprint density at radius 3 is 3.27 bits per heavy atom. The lowest BCUT2D eigenvalue weighted by molar-refractivity contribution is 0.817. The van der Waals surface area contributed by atoms with Crippen LogP contribution in [0.2, 0.25) is 0 Å². The first kappa shape index (κ1) is 10.2. The van der Waals surface area contributed by atoms with Crippen LogP contribution in [0.4, 0.5) is 5.82 Å². The maximum Gasteiger partial charge on any atom is 0.129 e. The Hall–Kier alpha value is -1.35. The SMILES string of the molecule is NCC/C=C/c1ccc2c(n1)NCCC2. The Labute approximate surface area is 90.4 Å². The standard InChI is InChI=1S/C12H17N3/c13-8-2-1-5-11-7-6-10-4-3-9-14-12(10)15-11/h1,5-7H,2-4,8-9,13H2,(H,14,15)/b5-1+. The van der Waals surface area contributed by atoms with Crippen LogP contribution in [0.15, 0.2) is 18.2 Å². The van der Waals surface area contributed by atoms with Crippen LogP contribution in [0.25, 0.3) is 6.08 Å². The van der Waals surface area contributed by atoms with E-state index >= 15 is 0 Å². The zero-order chi connectivity index (χ0) is 10.5. The van der Waals surface area contributed by atoms with Crippen molar-refractivity contribution in [3.8, 4) is 0 Å². The highest BCUT2D eigenvalue weighted by Gasteiger charge is 2.08. The van der Waals surface area contributed by atoms with Crippen molar-refractivity contribution in [1.82, 2.24) is 4.98 Å². The van der Waals surface area contributed by atoms with E-state index in [1.807, 2.05) is 6.08 Å². The molecule has 2 heterocycles. The molecule has 2 rings (SSSR count). The first-order valence-corrected chi connectivity index (χ1v) is 5.50. The number of nitrogens with two attached hydrogens (primary N) is 1. The highest BCUT2D eigenvalue weighted by molar-refractivity contribution is 5.53. The summed E-state index contributed by atoms with van der Waals surface area (Å²) in [6, 6.07) is 4.23. The lowest BCUT2D eigenvalue weighted by Gasteiger charge is -2.16. The molecule has 0 unspecified atom stereocenters. The zero-order valence-electron chi connectivity index (χ0n) is 8.87. The predicted molar refractivity (Wildman–Crippen MR) is 63.8 cm³/mol. The molecule has 80 valence electrons. The Balaban J connectivity index is 2.13.